The molecule has 1 heterocycles. The van der Waals surface area contributed by atoms with Crippen LogP contribution in [0.1, 0.15) is 0 Å². The topological polar surface area (TPSA) is 72.2 Å². The van der Waals surface area contributed by atoms with E-state index >= 15 is 0 Å². The highest BCUT2D eigenvalue weighted by Crippen LogP contribution is 2.28. The Bertz CT molecular complexity index is 547. The number of pyridine rings is 1. The fourth-order valence-corrected chi connectivity index (χ4v) is 1.73. The molecule has 0 saturated heterocycles. The maximum atomic E-state index is 6.04. The van der Waals surface area contributed by atoms with Crippen molar-refractivity contribution in [1.82, 2.24) is 4.98 Å². The van der Waals surface area contributed by atoms with Crippen LogP contribution >= 0.6 is 11.6 Å². The fraction of sp³-hybridized carbons (Fsp3) is 0.0833. The molecule has 1 aromatic heterocycles. The number of rotatable bonds is 4. The van der Waals surface area contributed by atoms with Gasteiger partial charge in [-0.2, -0.15) is 0 Å². The minimum absolute atomic E-state index is 0.538. The van der Waals surface area contributed by atoms with Crippen molar-refractivity contribution >= 4 is 28.9 Å². The van der Waals surface area contributed by atoms with Gasteiger partial charge in [-0.25, -0.2) is 10.8 Å². The highest BCUT2D eigenvalue weighted by Gasteiger charge is 2.03. The molecule has 0 aliphatic rings. The standard InChI is InChI=1S/C12H13ClN4O/c1-18-10-6-5-8(7-9(10)13)15-11-3-2-4-12(16-11)17-14/h2-7H,14H2,1H3,(H2,15,16,17). The number of ether oxygens (including phenoxy) is 1. The molecule has 2 rings (SSSR count). The zero-order valence-corrected chi connectivity index (χ0v) is 10.5. The van der Waals surface area contributed by atoms with Crippen LogP contribution in [-0.4, -0.2) is 12.1 Å². The molecule has 0 aliphatic carbocycles. The molecular weight excluding hydrogens is 252 g/mol. The Morgan fingerprint density at radius 3 is 2.67 bits per heavy atom. The number of nitrogen functional groups attached to an aromatic ring is 1. The van der Waals surface area contributed by atoms with Gasteiger partial charge in [-0.3, -0.25) is 0 Å². The summed E-state index contributed by atoms with van der Waals surface area (Å²) in [7, 11) is 1.58. The zero-order chi connectivity index (χ0) is 13.0. The smallest absolute Gasteiger partial charge is 0.142 e. The van der Waals surface area contributed by atoms with Gasteiger partial charge in [0.15, 0.2) is 0 Å². The molecule has 94 valence electrons. The number of hydrazine groups is 1. The third kappa shape index (κ3) is 2.82. The molecule has 0 bridgehead atoms. The lowest BCUT2D eigenvalue weighted by atomic mass is 10.3. The van der Waals surface area contributed by atoms with E-state index in [0.717, 1.165) is 5.69 Å². The van der Waals surface area contributed by atoms with Gasteiger partial charge < -0.3 is 15.5 Å². The van der Waals surface area contributed by atoms with Crippen LogP contribution in [0.2, 0.25) is 5.02 Å². The highest BCUT2D eigenvalue weighted by atomic mass is 35.5. The highest BCUT2D eigenvalue weighted by molar-refractivity contribution is 6.32. The van der Waals surface area contributed by atoms with Gasteiger partial charge in [0.2, 0.25) is 0 Å². The van der Waals surface area contributed by atoms with Crippen LogP contribution in [-0.2, 0) is 0 Å². The molecular formula is C12H13ClN4O. The SMILES string of the molecule is COc1ccc(Nc2cccc(NN)n2)cc1Cl. The maximum absolute atomic E-state index is 6.04. The third-order valence-electron chi connectivity index (χ3n) is 2.32. The second-order valence-corrected chi connectivity index (χ2v) is 3.93. The molecule has 2 aromatic rings. The number of anilines is 3. The third-order valence-corrected chi connectivity index (χ3v) is 2.62. The normalized spacial score (nSPS) is 9.94. The molecule has 5 nitrogen and oxygen atoms in total. The fourth-order valence-electron chi connectivity index (χ4n) is 1.48. The van der Waals surface area contributed by atoms with E-state index in [0.29, 0.717) is 22.4 Å². The van der Waals surface area contributed by atoms with E-state index in [1.165, 1.54) is 0 Å². The molecule has 0 aliphatic heterocycles. The maximum Gasteiger partial charge on any atom is 0.142 e. The van der Waals surface area contributed by atoms with E-state index in [1.807, 2.05) is 18.2 Å². The summed E-state index contributed by atoms with van der Waals surface area (Å²) in [5, 5.41) is 3.66. The molecule has 0 atom stereocenters. The van der Waals surface area contributed by atoms with Crippen molar-refractivity contribution in [2.24, 2.45) is 5.84 Å². The minimum Gasteiger partial charge on any atom is -0.495 e. The summed E-state index contributed by atoms with van der Waals surface area (Å²) in [4.78, 5) is 4.24. The number of hydrogen-bond donors (Lipinski definition) is 3. The van der Waals surface area contributed by atoms with Crippen LogP contribution in [0.5, 0.6) is 5.75 Å². The van der Waals surface area contributed by atoms with Gasteiger partial charge in [0, 0.05) is 5.69 Å². The first-order chi connectivity index (χ1) is 8.72. The van der Waals surface area contributed by atoms with Crippen LogP contribution in [0, 0.1) is 0 Å². The Kier molecular flexibility index (Phi) is 3.86. The molecule has 1 aromatic carbocycles. The number of hydrogen-bond acceptors (Lipinski definition) is 5. The second kappa shape index (κ2) is 5.57. The molecule has 0 amide bonds. The van der Waals surface area contributed by atoms with E-state index in [-0.39, 0.29) is 0 Å². The van der Waals surface area contributed by atoms with E-state index < -0.39 is 0 Å². The summed E-state index contributed by atoms with van der Waals surface area (Å²) >= 11 is 6.04. The van der Waals surface area contributed by atoms with Crippen molar-refractivity contribution in [3.63, 3.8) is 0 Å². The minimum atomic E-state index is 0.538. The first-order valence-electron chi connectivity index (χ1n) is 5.27. The van der Waals surface area contributed by atoms with E-state index in [4.69, 9.17) is 22.2 Å². The summed E-state index contributed by atoms with van der Waals surface area (Å²) in [5.41, 5.74) is 3.31. The van der Waals surface area contributed by atoms with Crippen LogP contribution in [0.3, 0.4) is 0 Å². The average Bonchev–Trinajstić information content (AvgIpc) is 2.39. The lowest BCUT2D eigenvalue weighted by Gasteiger charge is -2.09. The number of halogens is 1. The van der Waals surface area contributed by atoms with Gasteiger partial charge in [0.05, 0.1) is 12.1 Å². The van der Waals surface area contributed by atoms with Crippen LogP contribution in [0.15, 0.2) is 36.4 Å². The van der Waals surface area contributed by atoms with Gasteiger partial charge in [-0.15, -0.1) is 0 Å². The average molecular weight is 265 g/mol. The van der Waals surface area contributed by atoms with Gasteiger partial charge >= 0.3 is 0 Å². The predicted octanol–water partition coefficient (Wildman–Crippen LogP) is 2.77. The van der Waals surface area contributed by atoms with Crippen molar-refractivity contribution in [1.29, 1.82) is 0 Å². The summed E-state index contributed by atoms with van der Waals surface area (Å²) in [5.74, 6) is 7.18. The molecule has 0 saturated carbocycles. The molecule has 0 spiro atoms. The largest absolute Gasteiger partial charge is 0.495 e. The van der Waals surface area contributed by atoms with Gasteiger partial charge in [-0.05, 0) is 30.3 Å². The molecule has 18 heavy (non-hydrogen) atoms. The van der Waals surface area contributed by atoms with Gasteiger partial charge in [0.25, 0.3) is 0 Å². The van der Waals surface area contributed by atoms with Gasteiger partial charge in [-0.1, -0.05) is 17.7 Å². The van der Waals surface area contributed by atoms with E-state index in [9.17, 15) is 0 Å². The second-order valence-electron chi connectivity index (χ2n) is 3.53. The number of nitrogens with one attached hydrogen (secondary N) is 2. The molecule has 4 N–H and O–H groups in total. The number of benzene rings is 1. The van der Waals surface area contributed by atoms with Gasteiger partial charge in [0.1, 0.15) is 17.4 Å². The molecule has 0 radical (unpaired) electrons. The molecule has 0 unspecified atom stereocenters. The van der Waals surface area contributed by atoms with Crippen LogP contribution < -0.4 is 21.3 Å². The summed E-state index contributed by atoms with van der Waals surface area (Å²) in [6.07, 6.45) is 0. The number of nitrogens with two attached hydrogens (primary N) is 1. The number of aromatic nitrogens is 1. The quantitative estimate of drug-likeness (QED) is 0.585. The van der Waals surface area contributed by atoms with E-state index in [1.54, 1.807) is 25.3 Å². The molecule has 6 heteroatoms. The first-order valence-corrected chi connectivity index (χ1v) is 5.65. The number of nitrogens with zero attached hydrogens (tertiary/aromatic N) is 1. The van der Waals surface area contributed by atoms with Crippen molar-refractivity contribution in [2.75, 3.05) is 17.9 Å². The zero-order valence-electron chi connectivity index (χ0n) is 9.77. The predicted molar refractivity (Wildman–Crippen MR) is 73.3 cm³/mol. The van der Waals surface area contributed by atoms with Crippen molar-refractivity contribution in [2.45, 2.75) is 0 Å². The summed E-state index contributed by atoms with van der Waals surface area (Å²) in [6, 6.07) is 10.9. The van der Waals surface area contributed by atoms with Crippen molar-refractivity contribution < 1.29 is 4.74 Å². The summed E-state index contributed by atoms with van der Waals surface area (Å²) < 4.78 is 5.08. The van der Waals surface area contributed by atoms with Crippen molar-refractivity contribution in [3.8, 4) is 5.75 Å². The Balaban J connectivity index is 2.20. The lowest BCUT2D eigenvalue weighted by Crippen LogP contribution is -2.08. The van der Waals surface area contributed by atoms with Crippen molar-refractivity contribution in [3.05, 3.63) is 41.4 Å². The Hall–Kier alpha value is -1.98. The monoisotopic (exact) mass is 264 g/mol. The van der Waals surface area contributed by atoms with Crippen LogP contribution in [0.4, 0.5) is 17.3 Å². The lowest BCUT2D eigenvalue weighted by molar-refractivity contribution is 0.415. The number of methoxy groups -OCH3 is 1. The Morgan fingerprint density at radius 2 is 2.00 bits per heavy atom. The molecule has 0 fully saturated rings. The Labute approximate surface area is 110 Å². The van der Waals surface area contributed by atoms with Crippen LogP contribution in [0.25, 0.3) is 0 Å². The first kappa shape index (κ1) is 12.5. The Morgan fingerprint density at radius 1 is 1.22 bits per heavy atom. The van der Waals surface area contributed by atoms with E-state index in [2.05, 4.69) is 15.7 Å². The summed E-state index contributed by atoms with van der Waals surface area (Å²) in [6.45, 7) is 0.